The average molecular weight is 251 g/mol. The van der Waals surface area contributed by atoms with Crippen LogP contribution in [0.4, 0.5) is 5.69 Å². The van der Waals surface area contributed by atoms with Crippen LogP contribution in [-0.4, -0.2) is 16.0 Å². The molecule has 0 aliphatic rings. The molecule has 3 N–H and O–H groups in total. The normalized spacial score (nSPS) is 12.5. The number of nitrogens with one attached hydrogen (secondary N) is 1. The molecule has 1 atom stereocenters. The van der Waals surface area contributed by atoms with Crippen LogP contribution in [-0.2, 0) is 0 Å². The highest BCUT2D eigenvalue weighted by Crippen LogP contribution is 2.16. The van der Waals surface area contributed by atoms with Gasteiger partial charge in [0.15, 0.2) is 0 Å². The Morgan fingerprint density at radius 2 is 2.12 bits per heavy atom. The highest BCUT2D eigenvalue weighted by atomic mass is 32.1. The molecule has 1 rings (SSSR count). The van der Waals surface area contributed by atoms with Crippen molar-refractivity contribution in [3.05, 3.63) is 24.0 Å². The molecule has 3 nitrogen and oxygen atoms in total. The van der Waals surface area contributed by atoms with E-state index in [1.807, 2.05) is 6.07 Å². The molecule has 0 spiro atoms. The molecule has 1 aromatic heterocycles. The Bertz CT molecular complexity index is 377. The highest BCUT2D eigenvalue weighted by molar-refractivity contribution is 7.80. The third-order valence-corrected chi connectivity index (χ3v) is 2.89. The van der Waals surface area contributed by atoms with Crippen LogP contribution in [0.2, 0.25) is 0 Å². The number of rotatable bonds is 6. The lowest BCUT2D eigenvalue weighted by atomic mass is 10.0. The van der Waals surface area contributed by atoms with Crippen LogP contribution >= 0.6 is 12.2 Å². The Labute approximate surface area is 109 Å². The van der Waals surface area contributed by atoms with Crippen LogP contribution in [0.25, 0.3) is 0 Å². The summed E-state index contributed by atoms with van der Waals surface area (Å²) >= 11 is 5.02. The number of nitrogens with zero attached hydrogens (tertiary/aromatic N) is 1. The van der Waals surface area contributed by atoms with Gasteiger partial charge >= 0.3 is 0 Å². The predicted octanol–water partition coefficient (Wildman–Crippen LogP) is 2.95. The lowest BCUT2D eigenvalue weighted by molar-refractivity contribution is 0.527. The standard InChI is InChI=1S/C13H21N3S/c1-9(2)4-5-10(3)16-12-8-15-7-6-11(12)13(14)17/h6-10,16H,4-5H2,1-3H3,(H2,14,17). The van der Waals surface area contributed by atoms with Gasteiger partial charge in [-0.2, -0.15) is 0 Å². The minimum absolute atomic E-state index is 0.398. The molecule has 0 fully saturated rings. The fourth-order valence-electron chi connectivity index (χ4n) is 1.65. The smallest absolute Gasteiger partial charge is 0.106 e. The Balaban J connectivity index is 2.64. The molecule has 0 amide bonds. The van der Waals surface area contributed by atoms with Gasteiger partial charge in [0.2, 0.25) is 0 Å². The van der Waals surface area contributed by atoms with Gasteiger partial charge in [0.1, 0.15) is 4.99 Å². The fraction of sp³-hybridized carbons (Fsp3) is 0.538. The Kier molecular flexibility index (Phi) is 5.35. The number of hydrogen-bond donors (Lipinski definition) is 2. The number of hydrogen-bond acceptors (Lipinski definition) is 3. The first-order valence-corrected chi connectivity index (χ1v) is 6.42. The molecule has 0 aliphatic carbocycles. The van der Waals surface area contributed by atoms with Crippen molar-refractivity contribution in [2.24, 2.45) is 11.7 Å². The molecule has 0 bridgehead atoms. The lowest BCUT2D eigenvalue weighted by Crippen LogP contribution is -2.20. The Hall–Kier alpha value is -1.16. The zero-order valence-corrected chi connectivity index (χ0v) is 11.6. The van der Waals surface area contributed by atoms with Gasteiger partial charge in [-0.15, -0.1) is 0 Å². The summed E-state index contributed by atoms with van der Waals surface area (Å²) in [5.74, 6) is 0.725. The van der Waals surface area contributed by atoms with Gasteiger partial charge in [-0.05, 0) is 31.7 Å². The van der Waals surface area contributed by atoms with Crippen LogP contribution < -0.4 is 11.1 Å². The molecule has 0 saturated carbocycles. The van der Waals surface area contributed by atoms with Crippen LogP contribution in [0.15, 0.2) is 18.5 Å². The molecule has 1 heterocycles. The molecule has 0 aromatic carbocycles. The van der Waals surface area contributed by atoms with Crippen molar-refractivity contribution in [2.75, 3.05) is 5.32 Å². The molecular formula is C13H21N3S. The molecule has 0 aliphatic heterocycles. The Morgan fingerprint density at radius 3 is 2.71 bits per heavy atom. The number of anilines is 1. The van der Waals surface area contributed by atoms with E-state index in [0.29, 0.717) is 11.0 Å². The minimum atomic E-state index is 0.398. The molecule has 94 valence electrons. The van der Waals surface area contributed by atoms with Crippen molar-refractivity contribution in [1.29, 1.82) is 0 Å². The molecule has 1 aromatic rings. The summed E-state index contributed by atoms with van der Waals surface area (Å²) in [6.45, 7) is 6.63. The molecule has 17 heavy (non-hydrogen) atoms. The SMILES string of the molecule is CC(C)CCC(C)Nc1cnccc1C(N)=S. The highest BCUT2D eigenvalue weighted by Gasteiger charge is 2.08. The van der Waals surface area contributed by atoms with Crippen LogP contribution in [0.5, 0.6) is 0 Å². The van der Waals surface area contributed by atoms with E-state index in [2.05, 4.69) is 31.1 Å². The summed E-state index contributed by atoms with van der Waals surface area (Å²) in [6, 6.07) is 2.24. The number of pyridine rings is 1. The van der Waals surface area contributed by atoms with E-state index < -0.39 is 0 Å². The quantitative estimate of drug-likeness (QED) is 0.763. The van der Waals surface area contributed by atoms with Crippen LogP contribution in [0.1, 0.15) is 39.2 Å². The van der Waals surface area contributed by atoms with Crippen LogP contribution in [0, 0.1) is 5.92 Å². The molecule has 1 unspecified atom stereocenters. The first-order valence-electron chi connectivity index (χ1n) is 6.01. The molecule has 0 saturated heterocycles. The van der Waals surface area contributed by atoms with Gasteiger partial charge in [-0.1, -0.05) is 26.1 Å². The lowest BCUT2D eigenvalue weighted by Gasteiger charge is -2.18. The van der Waals surface area contributed by atoms with Crippen LogP contribution in [0.3, 0.4) is 0 Å². The monoisotopic (exact) mass is 251 g/mol. The summed E-state index contributed by atoms with van der Waals surface area (Å²) in [6.07, 6.45) is 5.82. The van der Waals surface area contributed by atoms with Gasteiger partial charge < -0.3 is 11.1 Å². The maximum absolute atomic E-state index is 5.68. The second kappa shape index (κ2) is 6.55. The predicted molar refractivity (Wildman–Crippen MR) is 77.3 cm³/mol. The van der Waals surface area contributed by atoms with E-state index in [9.17, 15) is 0 Å². The molecule has 0 radical (unpaired) electrons. The minimum Gasteiger partial charge on any atom is -0.389 e. The summed E-state index contributed by atoms with van der Waals surface area (Å²) in [7, 11) is 0. The van der Waals surface area contributed by atoms with Gasteiger partial charge in [-0.3, -0.25) is 4.98 Å². The topological polar surface area (TPSA) is 50.9 Å². The van der Waals surface area contributed by atoms with Gasteiger partial charge in [0, 0.05) is 17.8 Å². The second-order valence-corrected chi connectivity index (χ2v) is 5.24. The van der Waals surface area contributed by atoms with E-state index >= 15 is 0 Å². The van der Waals surface area contributed by atoms with E-state index in [1.54, 1.807) is 12.4 Å². The van der Waals surface area contributed by atoms with Crippen molar-refractivity contribution < 1.29 is 0 Å². The van der Waals surface area contributed by atoms with E-state index in [0.717, 1.165) is 23.6 Å². The number of aromatic nitrogens is 1. The summed E-state index contributed by atoms with van der Waals surface area (Å²) in [5.41, 5.74) is 7.47. The summed E-state index contributed by atoms with van der Waals surface area (Å²) in [4.78, 5) is 4.51. The third-order valence-electron chi connectivity index (χ3n) is 2.67. The van der Waals surface area contributed by atoms with E-state index in [-0.39, 0.29) is 0 Å². The van der Waals surface area contributed by atoms with Crippen molar-refractivity contribution >= 4 is 22.9 Å². The van der Waals surface area contributed by atoms with E-state index in [1.165, 1.54) is 6.42 Å². The summed E-state index contributed by atoms with van der Waals surface area (Å²) < 4.78 is 0. The molecule has 4 heteroatoms. The van der Waals surface area contributed by atoms with Crippen molar-refractivity contribution in [3.63, 3.8) is 0 Å². The molecular weight excluding hydrogens is 230 g/mol. The Morgan fingerprint density at radius 1 is 1.41 bits per heavy atom. The zero-order valence-electron chi connectivity index (χ0n) is 10.7. The third kappa shape index (κ3) is 4.69. The van der Waals surface area contributed by atoms with Gasteiger partial charge in [0.25, 0.3) is 0 Å². The number of thiocarbonyl (C=S) groups is 1. The zero-order chi connectivity index (χ0) is 12.8. The maximum Gasteiger partial charge on any atom is 0.106 e. The largest absolute Gasteiger partial charge is 0.389 e. The van der Waals surface area contributed by atoms with Crippen molar-refractivity contribution in [1.82, 2.24) is 4.98 Å². The average Bonchev–Trinajstić information content (AvgIpc) is 2.27. The van der Waals surface area contributed by atoms with Crippen molar-refractivity contribution in [3.8, 4) is 0 Å². The van der Waals surface area contributed by atoms with E-state index in [4.69, 9.17) is 18.0 Å². The number of nitrogens with two attached hydrogens (primary N) is 1. The fourth-order valence-corrected chi connectivity index (χ4v) is 1.82. The maximum atomic E-state index is 5.68. The second-order valence-electron chi connectivity index (χ2n) is 4.80. The first-order chi connectivity index (χ1) is 8.00. The van der Waals surface area contributed by atoms with Crippen molar-refractivity contribution in [2.45, 2.75) is 39.7 Å². The summed E-state index contributed by atoms with van der Waals surface area (Å²) in [5, 5.41) is 3.42. The van der Waals surface area contributed by atoms with Gasteiger partial charge in [0.05, 0.1) is 11.9 Å². The first kappa shape index (κ1) is 13.9. The van der Waals surface area contributed by atoms with Gasteiger partial charge in [-0.25, -0.2) is 0 Å².